The summed E-state index contributed by atoms with van der Waals surface area (Å²) in [5, 5.41) is 0. The standard InChI is InChI=1S/C22H42O2/c1-4-5-6-7-8-9-10-11-12-13-14-15-16-19-22(23)24-20-17-18-21(2)3/h9-10,21H,4-8,11-20H2,1-3H3. The molecule has 0 N–H and O–H groups in total. The molecule has 0 heterocycles. The van der Waals surface area contributed by atoms with E-state index in [1.807, 2.05) is 0 Å². The fourth-order valence-corrected chi connectivity index (χ4v) is 2.74. The zero-order valence-corrected chi connectivity index (χ0v) is 16.7. The van der Waals surface area contributed by atoms with Crippen LogP contribution < -0.4 is 0 Å². The van der Waals surface area contributed by atoms with Gasteiger partial charge in [0.25, 0.3) is 0 Å². The molecule has 0 atom stereocenters. The molecule has 0 aliphatic carbocycles. The summed E-state index contributed by atoms with van der Waals surface area (Å²) in [6, 6.07) is 0. The zero-order chi connectivity index (χ0) is 17.9. The third-order valence-corrected chi connectivity index (χ3v) is 4.33. The van der Waals surface area contributed by atoms with Gasteiger partial charge in [0.2, 0.25) is 0 Å². The molecular formula is C22H42O2. The molecule has 0 fully saturated rings. The maximum absolute atomic E-state index is 11.6. The Morgan fingerprint density at radius 1 is 0.833 bits per heavy atom. The molecule has 0 bridgehead atoms. The highest BCUT2D eigenvalue weighted by molar-refractivity contribution is 5.69. The average molecular weight is 339 g/mol. The molecule has 0 radical (unpaired) electrons. The number of allylic oxidation sites excluding steroid dienone is 2. The van der Waals surface area contributed by atoms with Crippen LogP contribution in [-0.2, 0) is 9.53 Å². The molecule has 0 aromatic heterocycles. The fraction of sp³-hybridized carbons (Fsp3) is 0.864. The quantitative estimate of drug-likeness (QED) is 0.159. The Balaban J connectivity index is 3.21. The first-order chi connectivity index (χ1) is 11.7. The fourth-order valence-electron chi connectivity index (χ4n) is 2.74. The predicted octanol–water partition coefficient (Wildman–Crippen LogP) is 7.22. The maximum Gasteiger partial charge on any atom is 0.305 e. The number of carbonyl (C=O) groups is 1. The second-order valence-corrected chi connectivity index (χ2v) is 7.38. The van der Waals surface area contributed by atoms with Gasteiger partial charge in [0, 0.05) is 6.42 Å². The molecule has 0 aliphatic heterocycles. The predicted molar refractivity (Wildman–Crippen MR) is 105 cm³/mol. The molecule has 0 saturated heterocycles. The van der Waals surface area contributed by atoms with Gasteiger partial charge in [-0.3, -0.25) is 4.79 Å². The third-order valence-electron chi connectivity index (χ3n) is 4.33. The minimum absolute atomic E-state index is 0.00948. The van der Waals surface area contributed by atoms with Crippen LogP contribution >= 0.6 is 0 Å². The Morgan fingerprint density at radius 3 is 2.04 bits per heavy atom. The molecule has 0 rings (SSSR count). The first-order valence-electron chi connectivity index (χ1n) is 10.5. The summed E-state index contributed by atoms with van der Waals surface area (Å²) in [4.78, 5) is 11.6. The first-order valence-corrected chi connectivity index (χ1v) is 10.5. The number of unbranched alkanes of at least 4 members (excludes halogenated alkanes) is 9. The molecule has 2 heteroatoms. The van der Waals surface area contributed by atoms with Gasteiger partial charge in [0.05, 0.1) is 6.61 Å². The Bertz CT molecular complexity index is 294. The number of ether oxygens (including phenoxy) is 1. The topological polar surface area (TPSA) is 26.3 Å². The van der Waals surface area contributed by atoms with Gasteiger partial charge in [0.1, 0.15) is 0 Å². The Kier molecular flexibility index (Phi) is 17.9. The van der Waals surface area contributed by atoms with E-state index in [0.29, 0.717) is 18.9 Å². The van der Waals surface area contributed by atoms with E-state index in [2.05, 4.69) is 32.9 Å². The van der Waals surface area contributed by atoms with Crippen molar-refractivity contribution in [2.24, 2.45) is 5.92 Å². The number of carbonyl (C=O) groups excluding carboxylic acids is 1. The molecule has 2 nitrogen and oxygen atoms in total. The van der Waals surface area contributed by atoms with E-state index in [9.17, 15) is 4.79 Å². The van der Waals surface area contributed by atoms with Gasteiger partial charge in [-0.25, -0.2) is 0 Å². The molecule has 0 aromatic rings. The monoisotopic (exact) mass is 338 g/mol. The average Bonchev–Trinajstić information content (AvgIpc) is 2.55. The van der Waals surface area contributed by atoms with E-state index < -0.39 is 0 Å². The minimum atomic E-state index is -0.00948. The molecule has 0 saturated carbocycles. The van der Waals surface area contributed by atoms with E-state index >= 15 is 0 Å². The van der Waals surface area contributed by atoms with Crippen LogP contribution in [0.2, 0.25) is 0 Å². The summed E-state index contributed by atoms with van der Waals surface area (Å²) in [5.74, 6) is 0.685. The van der Waals surface area contributed by atoms with Crippen LogP contribution in [0.1, 0.15) is 111 Å². The van der Waals surface area contributed by atoms with Crippen molar-refractivity contribution in [3.8, 4) is 0 Å². The van der Waals surface area contributed by atoms with Crippen molar-refractivity contribution in [2.45, 2.75) is 111 Å². The Morgan fingerprint density at radius 2 is 1.42 bits per heavy atom. The van der Waals surface area contributed by atoms with Crippen LogP contribution in [0.3, 0.4) is 0 Å². The Hall–Kier alpha value is -0.790. The number of esters is 1. The van der Waals surface area contributed by atoms with Crippen LogP contribution in [0.15, 0.2) is 12.2 Å². The largest absolute Gasteiger partial charge is 0.466 e. The lowest BCUT2D eigenvalue weighted by molar-refractivity contribution is -0.143. The van der Waals surface area contributed by atoms with Gasteiger partial charge in [-0.1, -0.05) is 71.4 Å². The van der Waals surface area contributed by atoms with Crippen LogP contribution in [-0.4, -0.2) is 12.6 Å². The van der Waals surface area contributed by atoms with Crippen molar-refractivity contribution >= 4 is 5.97 Å². The van der Waals surface area contributed by atoms with Crippen molar-refractivity contribution in [1.82, 2.24) is 0 Å². The van der Waals surface area contributed by atoms with Crippen molar-refractivity contribution in [3.05, 3.63) is 12.2 Å². The molecule has 24 heavy (non-hydrogen) atoms. The molecule has 0 aromatic carbocycles. The summed E-state index contributed by atoms with van der Waals surface area (Å²) < 4.78 is 5.25. The van der Waals surface area contributed by atoms with E-state index in [-0.39, 0.29) is 5.97 Å². The van der Waals surface area contributed by atoms with Gasteiger partial charge in [-0.2, -0.15) is 0 Å². The number of hydrogen-bond donors (Lipinski definition) is 0. The minimum Gasteiger partial charge on any atom is -0.466 e. The number of rotatable bonds is 17. The summed E-state index contributed by atoms with van der Waals surface area (Å²) in [5.41, 5.74) is 0. The van der Waals surface area contributed by atoms with Gasteiger partial charge in [-0.05, 0) is 50.9 Å². The van der Waals surface area contributed by atoms with Gasteiger partial charge in [0.15, 0.2) is 0 Å². The molecule has 142 valence electrons. The highest BCUT2D eigenvalue weighted by Gasteiger charge is 2.02. The van der Waals surface area contributed by atoms with Crippen molar-refractivity contribution in [3.63, 3.8) is 0 Å². The van der Waals surface area contributed by atoms with Crippen molar-refractivity contribution in [2.75, 3.05) is 6.61 Å². The summed E-state index contributed by atoms with van der Waals surface area (Å²) >= 11 is 0. The van der Waals surface area contributed by atoms with Crippen molar-refractivity contribution < 1.29 is 9.53 Å². The number of hydrogen-bond acceptors (Lipinski definition) is 2. The highest BCUT2D eigenvalue weighted by Crippen LogP contribution is 2.10. The van der Waals surface area contributed by atoms with Crippen LogP contribution in [0.5, 0.6) is 0 Å². The SMILES string of the molecule is CCCCCCC=CCCCCCCCC(=O)OCCCC(C)C. The third kappa shape index (κ3) is 19.3. The Labute approximate surface area is 151 Å². The molecule has 0 unspecified atom stereocenters. The lowest BCUT2D eigenvalue weighted by Crippen LogP contribution is -2.06. The van der Waals surface area contributed by atoms with Crippen LogP contribution in [0, 0.1) is 5.92 Å². The summed E-state index contributed by atoms with van der Waals surface area (Å²) in [7, 11) is 0. The molecule has 0 aliphatic rings. The smallest absolute Gasteiger partial charge is 0.305 e. The summed E-state index contributed by atoms with van der Waals surface area (Å²) in [6.45, 7) is 7.25. The second-order valence-electron chi connectivity index (χ2n) is 7.38. The van der Waals surface area contributed by atoms with Crippen molar-refractivity contribution in [1.29, 1.82) is 0 Å². The van der Waals surface area contributed by atoms with E-state index in [0.717, 1.165) is 25.7 Å². The second kappa shape index (κ2) is 18.5. The lowest BCUT2D eigenvalue weighted by atomic mass is 10.1. The van der Waals surface area contributed by atoms with Gasteiger partial charge >= 0.3 is 5.97 Å². The normalized spacial score (nSPS) is 11.5. The molecule has 0 spiro atoms. The zero-order valence-electron chi connectivity index (χ0n) is 16.7. The maximum atomic E-state index is 11.6. The van der Waals surface area contributed by atoms with E-state index in [1.54, 1.807) is 0 Å². The lowest BCUT2D eigenvalue weighted by Gasteiger charge is -2.06. The highest BCUT2D eigenvalue weighted by atomic mass is 16.5. The summed E-state index contributed by atoms with van der Waals surface area (Å²) in [6.07, 6.45) is 21.3. The van der Waals surface area contributed by atoms with Gasteiger partial charge < -0.3 is 4.74 Å². The van der Waals surface area contributed by atoms with E-state index in [1.165, 1.54) is 57.8 Å². The van der Waals surface area contributed by atoms with E-state index in [4.69, 9.17) is 4.74 Å². The first kappa shape index (κ1) is 23.2. The van der Waals surface area contributed by atoms with Gasteiger partial charge in [-0.15, -0.1) is 0 Å². The van der Waals surface area contributed by atoms with Crippen LogP contribution in [0.25, 0.3) is 0 Å². The molecular weight excluding hydrogens is 296 g/mol. The van der Waals surface area contributed by atoms with Crippen LogP contribution in [0.4, 0.5) is 0 Å². The molecule has 0 amide bonds.